The molecule has 20 heavy (non-hydrogen) atoms. The molecule has 0 aliphatic rings. The number of nitrogens with zero attached hydrogens (tertiary/aromatic N) is 1. The molecule has 96 valence electrons. The maximum absolute atomic E-state index is 13.5. The first kappa shape index (κ1) is 12.1. The average Bonchev–Trinajstić information content (AvgIpc) is 2.92. The van der Waals surface area contributed by atoms with E-state index in [4.69, 9.17) is 9.68 Å². The first-order valence-electron chi connectivity index (χ1n) is 5.92. The van der Waals surface area contributed by atoms with E-state index in [0.29, 0.717) is 16.5 Å². The van der Waals surface area contributed by atoms with Gasteiger partial charge in [-0.1, -0.05) is 12.1 Å². The largest absolute Gasteiger partial charge is 0.449 e. The molecule has 0 N–H and O–H groups in total. The number of fused-ring (bicyclic) bond motifs is 1. The molecule has 0 fully saturated rings. The molecular formula is C16H8FNO2. The van der Waals surface area contributed by atoms with Crippen LogP contribution in [-0.4, -0.2) is 5.78 Å². The van der Waals surface area contributed by atoms with Crippen LogP contribution in [-0.2, 0) is 0 Å². The lowest BCUT2D eigenvalue weighted by Crippen LogP contribution is -1.99. The average molecular weight is 265 g/mol. The molecule has 0 radical (unpaired) electrons. The third kappa shape index (κ3) is 1.95. The number of carbonyl (C=O) groups excluding carboxylic acids is 1. The lowest BCUT2D eigenvalue weighted by molar-refractivity contribution is 0.101. The molecule has 0 saturated heterocycles. The van der Waals surface area contributed by atoms with Gasteiger partial charge in [0.15, 0.2) is 17.2 Å². The molecule has 0 unspecified atom stereocenters. The smallest absolute Gasteiger partial charge is 0.228 e. The Kier molecular flexibility index (Phi) is 2.81. The standard InChI is InChI=1S/C16H8FNO2/c17-13-3-1-2-12-8-14(20-16(12)13)15(19)11-6-4-10(9-18)5-7-11/h1-8H. The highest BCUT2D eigenvalue weighted by atomic mass is 19.1. The van der Waals surface area contributed by atoms with E-state index >= 15 is 0 Å². The van der Waals surface area contributed by atoms with E-state index in [1.807, 2.05) is 6.07 Å². The fourth-order valence-corrected chi connectivity index (χ4v) is 1.98. The van der Waals surface area contributed by atoms with Crippen LogP contribution < -0.4 is 0 Å². The van der Waals surface area contributed by atoms with Crippen molar-refractivity contribution in [3.63, 3.8) is 0 Å². The molecular weight excluding hydrogens is 257 g/mol. The Labute approximate surface area is 113 Å². The third-order valence-corrected chi connectivity index (χ3v) is 3.00. The van der Waals surface area contributed by atoms with Crippen LogP contribution in [0.25, 0.3) is 11.0 Å². The van der Waals surface area contributed by atoms with Gasteiger partial charge in [-0.15, -0.1) is 0 Å². The molecule has 3 nitrogen and oxygen atoms in total. The van der Waals surface area contributed by atoms with Gasteiger partial charge in [-0.05, 0) is 36.4 Å². The van der Waals surface area contributed by atoms with Gasteiger partial charge in [0.25, 0.3) is 0 Å². The minimum atomic E-state index is -0.499. The fraction of sp³-hybridized carbons (Fsp3) is 0. The summed E-state index contributed by atoms with van der Waals surface area (Å²) in [5, 5.41) is 9.26. The number of hydrogen-bond donors (Lipinski definition) is 0. The van der Waals surface area contributed by atoms with E-state index in [2.05, 4.69) is 0 Å². The van der Waals surface area contributed by atoms with Gasteiger partial charge in [-0.3, -0.25) is 4.79 Å². The van der Waals surface area contributed by atoms with Crippen molar-refractivity contribution >= 4 is 16.8 Å². The second-order valence-corrected chi connectivity index (χ2v) is 4.29. The molecule has 2 aromatic carbocycles. The highest BCUT2D eigenvalue weighted by Crippen LogP contribution is 2.23. The summed E-state index contributed by atoms with van der Waals surface area (Å²) in [6.45, 7) is 0. The molecule has 0 aliphatic heterocycles. The van der Waals surface area contributed by atoms with Crippen LogP contribution in [0.2, 0.25) is 0 Å². The Hall–Kier alpha value is -2.93. The Balaban J connectivity index is 2.03. The first-order valence-corrected chi connectivity index (χ1v) is 5.92. The van der Waals surface area contributed by atoms with E-state index < -0.39 is 5.82 Å². The van der Waals surface area contributed by atoms with Crippen LogP contribution in [0.15, 0.2) is 52.9 Å². The summed E-state index contributed by atoms with van der Waals surface area (Å²) in [4.78, 5) is 12.2. The number of hydrogen-bond acceptors (Lipinski definition) is 3. The number of ketones is 1. The normalized spacial score (nSPS) is 10.4. The summed E-state index contributed by atoms with van der Waals surface area (Å²) in [5.74, 6) is -0.763. The zero-order valence-electron chi connectivity index (χ0n) is 10.3. The van der Waals surface area contributed by atoms with Gasteiger partial charge in [0, 0.05) is 10.9 Å². The fourth-order valence-electron chi connectivity index (χ4n) is 1.98. The summed E-state index contributed by atoms with van der Waals surface area (Å²) in [6, 6.07) is 14.2. The van der Waals surface area contributed by atoms with Crippen LogP contribution in [0.5, 0.6) is 0 Å². The van der Waals surface area contributed by atoms with E-state index in [1.54, 1.807) is 36.4 Å². The summed E-state index contributed by atoms with van der Waals surface area (Å²) in [7, 11) is 0. The quantitative estimate of drug-likeness (QED) is 0.664. The van der Waals surface area contributed by atoms with Crippen molar-refractivity contribution in [1.82, 2.24) is 0 Å². The summed E-state index contributed by atoms with van der Waals surface area (Å²) < 4.78 is 18.8. The zero-order valence-corrected chi connectivity index (χ0v) is 10.3. The SMILES string of the molecule is N#Cc1ccc(C(=O)c2cc3cccc(F)c3o2)cc1. The van der Waals surface area contributed by atoms with Crippen molar-refractivity contribution < 1.29 is 13.6 Å². The zero-order chi connectivity index (χ0) is 14.1. The highest BCUT2D eigenvalue weighted by Gasteiger charge is 2.16. The summed E-state index contributed by atoms with van der Waals surface area (Å²) >= 11 is 0. The number of benzene rings is 2. The van der Waals surface area contributed by atoms with Crippen molar-refractivity contribution in [2.45, 2.75) is 0 Å². The number of carbonyl (C=O) groups is 1. The van der Waals surface area contributed by atoms with Crippen LogP contribution >= 0.6 is 0 Å². The summed E-state index contributed by atoms with van der Waals surface area (Å²) in [6.07, 6.45) is 0. The predicted molar refractivity (Wildman–Crippen MR) is 70.8 cm³/mol. The molecule has 1 heterocycles. The maximum atomic E-state index is 13.5. The molecule has 0 amide bonds. The number of nitriles is 1. The van der Waals surface area contributed by atoms with Gasteiger partial charge in [0.1, 0.15) is 0 Å². The number of rotatable bonds is 2. The molecule has 3 rings (SSSR count). The van der Waals surface area contributed by atoms with E-state index in [1.165, 1.54) is 12.1 Å². The molecule has 1 aromatic heterocycles. The highest BCUT2D eigenvalue weighted by molar-refractivity contribution is 6.09. The van der Waals surface area contributed by atoms with Crippen molar-refractivity contribution in [3.05, 3.63) is 71.2 Å². The second-order valence-electron chi connectivity index (χ2n) is 4.29. The van der Waals surface area contributed by atoms with E-state index in [-0.39, 0.29) is 17.1 Å². The van der Waals surface area contributed by atoms with Crippen LogP contribution in [0.1, 0.15) is 21.7 Å². The Bertz CT molecular complexity index is 841. The molecule has 3 aromatic rings. The van der Waals surface area contributed by atoms with E-state index in [0.717, 1.165) is 0 Å². The van der Waals surface area contributed by atoms with Gasteiger partial charge in [0.05, 0.1) is 11.6 Å². The number of halogens is 1. The lowest BCUT2D eigenvalue weighted by atomic mass is 10.1. The molecule has 0 aliphatic carbocycles. The number of para-hydroxylation sites is 1. The van der Waals surface area contributed by atoms with Gasteiger partial charge in [0.2, 0.25) is 5.78 Å². The minimum absolute atomic E-state index is 0.0736. The molecule has 0 bridgehead atoms. The number of furan rings is 1. The Morgan fingerprint density at radius 2 is 1.90 bits per heavy atom. The first-order chi connectivity index (χ1) is 9.69. The lowest BCUT2D eigenvalue weighted by Gasteiger charge is -1.97. The Morgan fingerprint density at radius 3 is 2.55 bits per heavy atom. The topological polar surface area (TPSA) is 54.0 Å². The third-order valence-electron chi connectivity index (χ3n) is 3.00. The van der Waals surface area contributed by atoms with Crippen molar-refractivity contribution in [1.29, 1.82) is 5.26 Å². The molecule has 0 atom stereocenters. The molecule has 0 spiro atoms. The van der Waals surface area contributed by atoms with Crippen LogP contribution in [0.3, 0.4) is 0 Å². The van der Waals surface area contributed by atoms with Gasteiger partial charge in [-0.2, -0.15) is 5.26 Å². The van der Waals surface area contributed by atoms with Gasteiger partial charge >= 0.3 is 0 Å². The second kappa shape index (κ2) is 4.63. The van der Waals surface area contributed by atoms with Crippen LogP contribution in [0, 0.1) is 17.1 Å². The van der Waals surface area contributed by atoms with Crippen LogP contribution in [0.4, 0.5) is 4.39 Å². The maximum Gasteiger partial charge on any atom is 0.228 e. The monoisotopic (exact) mass is 265 g/mol. The summed E-state index contributed by atoms with van der Waals surface area (Å²) in [5.41, 5.74) is 0.935. The predicted octanol–water partition coefficient (Wildman–Crippen LogP) is 3.67. The van der Waals surface area contributed by atoms with Gasteiger partial charge < -0.3 is 4.42 Å². The van der Waals surface area contributed by atoms with E-state index in [9.17, 15) is 9.18 Å². The van der Waals surface area contributed by atoms with Crippen molar-refractivity contribution in [3.8, 4) is 6.07 Å². The minimum Gasteiger partial charge on any atom is -0.449 e. The Morgan fingerprint density at radius 1 is 1.15 bits per heavy atom. The van der Waals surface area contributed by atoms with Crippen molar-refractivity contribution in [2.75, 3.05) is 0 Å². The van der Waals surface area contributed by atoms with Gasteiger partial charge in [-0.25, -0.2) is 4.39 Å². The molecule has 0 saturated carbocycles. The molecule has 4 heteroatoms. The van der Waals surface area contributed by atoms with Crippen molar-refractivity contribution in [2.24, 2.45) is 0 Å².